The van der Waals surface area contributed by atoms with Gasteiger partial charge in [-0.3, -0.25) is 4.90 Å². The maximum absolute atomic E-state index is 11.2. The summed E-state index contributed by atoms with van der Waals surface area (Å²) in [5, 5.41) is 9.21. The second-order valence-corrected chi connectivity index (χ2v) is 4.60. The molecule has 0 aliphatic carbocycles. The fourth-order valence-electron chi connectivity index (χ4n) is 3.04. The topological polar surface area (TPSA) is 66.6 Å². The Morgan fingerprint density at radius 2 is 2.25 bits per heavy atom. The highest BCUT2D eigenvalue weighted by atomic mass is 16.4. The number of hydrogen-bond acceptors (Lipinski definition) is 2. The first kappa shape index (κ1) is 9.51. The normalized spacial score (nSPS) is 26.6. The monoisotopic (exact) mass is 218 g/mol. The van der Waals surface area contributed by atoms with Crippen molar-refractivity contribution in [3.05, 3.63) is 29.3 Å². The van der Waals surface area contributed by atoms with Crippen molar-refractivity contribution in [1.82, 2.24) is 4.90 Å². The smallest absolute Gasteiger partial charge is 0.408 e. The Kier molecular flexibility index (Phi) is 1.87. The molecular weight excluding hydrogens is 204 g/mol. The second kappa shape index (κ2) is 3.14. The van der Waals surface area contributed by atoms with Gasteiger partial charge >= 0.3 is 6.09 Å². The first-order valence-electron chi connectivity index (χ1n) is 5.56. The molecule has 0 spiro atoms. The third-order valence-electron chi connectivity index (χ3n) is 3.71. The number of hydrogen-bond donors (Lipinski definition) is 2. The summed E-state index contributed by atoms with van der Waals surface area (Å²) in [6.45, 7) is 0. The third kappa shape index (κ3) is 1.19. The van der Waals surface area contributed by atoms with Crippen LogP contribution in [0.15, 0.2) is 18.2 Å². The Morgan fingerprint density at radius 3 is 3.00 bits per heavy atom. The van der Waals surface area contributed by atoms with Crippen LogP contribution in [-0.4, -0.2) is 22.1 Å². The van der Waals surface area contributed by atoms with Gasteiger partial charge in [-0.1, -0.05) is 6.07 Å². The van der Waals surface area contributed by atoms with E-state index in [1.807, 2.05) is 18.2 Å². The van der Waals surface area contributed by atoms with E-state index in [0.717, 1.165) is 30.5 Å². The molecule has 1 fully saturated rings. The number of carbonyl (C=O) groups is 1. The van der Waals surface area contributed by atoms with Gasteiger partial charge in [-0.15, -0.1) is 0 Å². The molecule has 2 atom stereocenters. The summed E-state index contributed by atoms with van der Waals surface area (Å²) in [5.41, 5.74) is 8.86. The molecule has 0 aromatic heterocycles. The van der Waals surface area contributed by atoms with Crippen molar-refractivity contribution in [2.24, 2.45) is 0 Å². The molecule has 3 N–H and O–H groups in total. The minimum absolute atomic E-state index is 0.0229. The number of carboxylic acid groups (broad SMARTS) is 1. The van der Waals surface area contributed by atoms with E-state index < -0.39 is 6.09 Å². The van der Waals surface area contributed by atoms with E-state index in [2.05, 4.69) is 0 Å². The fraction of sp³-hybridized carbons (Fsp3) is 0.417. The Morgan fingerprint density at radius 1 is 1.44 bits per heavy atom. The van der Waals surface area contributed by atoms with Gasteiger partial charge in [0.1, 0.15) is 0 Å². The van der Waals surface area contributed by atoms with Crippen molar-refractivity contribution >= 4 is 11.8 Å². The van der Waals surface area contributed by atoms with Crippen LogP contribution in [-0.2, 0) is 6.42 Å². The molecule has 4 heteroatoms. The van der Waals surface area contributed by atoms with Crippen molar-refractivity contribution in [3.8, 4) is 0 Å². The number of amides is 1. The first-order valence-corrected chi connectivity index (χ1v) is 5.56. The third-order valence-corrected chi connectivity index (χ3v) is 3.71. The molecular formula is C12H14N2O2. The van der Waals surface area contributed by atoms with Gasteiger partial charge in [0.05, 0.1) is 6.04 Å². The molecule has 84 valence electrons. The van der Waals surface area contributed by atoms with Crippen molar-refractivity contribution in [2.75, 3.05) is 5.73 Å². The van der Waals surface area contributed by atoms with Gasteiger partial charge in [-0.05, 0) is 42.5 Å². The average Bonchev–Trinajstić information content (AvgIpc) is 2.57. The van der Waals surface area contributed by atoms with E-state index in [1.54, 1.807) is 4.90 Å². The van der Waals surface area contributed by atoms with E-state index in [-0.39, 0.29) is 12.1 Å². The highest BCUT2D eigenvalue weighted by molar-refractivity contribution is 5.68. The number of anilines is 1. The van der Waals surface area contributed by atoms with Crippen LogP contribution in [0.4, 0.5) is 10.5 Å². The Balaban J connectivity index is 2.09. The summed E-state index contributed by atoms with van der Waals surface area (Å²) in [6, 6.07) is 6.05. The molecule has 1 aromatic rings. The van der Waals surface area contributed by atoms with Gasteiger partial charge in [0.25, 0.3) is 0 Å². The average molecular weight is 218 g/mol. The number of fused-ring (bicyclic) bond motifs is 4. The molecule has 16 heavy (non-hydrogen) atoms. The molecule has 2 heterocycles. The van der Waals surface area contributed by atoms with E-state index in [9.17, 15) is 9.90 Å². The van der Waals surface area contributed by atoms with Crippen molar-refractivity contribution < 1.29 is 9.90 Å². The van der Waals surface area contributed by atoms with Gasteiger partial charge in [-0.2, -0.15) is 0 Å². The van der Waals surface area contributed by atoms with Gasteiger partial charge in [0, 0.05) is 11.7 Å². The van der Waals surface area contributed by atoms with Gasteiger partial charge in [0.2, 0.25) is 0 Å². The molecule has 2 aliphatic rings. The SMILES string of the molecule is Nc1ccc2c(c1)C1CCC(C2)N1C(=O)O. The quantitative estimate of drug-likeness (QED) is 0.654. The second-order valence-electron chi connectivity index (χ2n) is 4.60. The molecule has 3 rings (SSSR count). The largest absolute Gasteiger partial charge is 0.465 e. The molecule has 0 saturated carbocycles. The lowest BCUT2D eigenvalue weighted by molar-refractivity contribution is 0.117. The summed E-state index contributed by atoms with van der Waals surface area (Å²) in [5.74, 6) is 0. The Hall–Kier alpha value is -1.71. The minimum Gasteiger partial charge on any atom is -0.465 e. The molecule has 0 radical (unpaired) electrons. The zero-order valence-corrected chi connectivity index (χ0v) is 8.89. The summed E-state index contributed by atoms with van der Waals surface area (Å²) in [7, 11) is 0. The molecule has 1 aromatic carbocycles. The predicted octanol–water partition coefficient (Wildman–Crippen LogP) is 2.01. The Labute approximate surface area is 93.7 Å². The molecule has 2 aliphatic heterocycles. The summed E-state index contributed by atoms with van der Waals surface area (Å²) in [4.78, 5) is 12.8. The minimum atomic E-state index is -0.805. The number of nitrogens with zero attached hydrogens (tertiary/aromatic N) is 1. The predicted molar refractivity (Wildman–Crippen MR) is 60.2 cm³/mol. The van der Waals surface area contributed by atoms with E-state index >= 15 is 0 Å². The number of nitrogen functional groups attached to an aromatic ring is 1. The van der Waals surface area contributed by atoms with Gasteiger partial charge in [-0.25, -0.2) is 4.79 Å². The van der Waals surface area contributed by atoms with E-state index in [4.69, 9.17) is 5.73 Å². The summed E-state index contributed by atoms with van der Waals surface area (Å²) < 4.78 is 0. The van der Waals surface area contributed by atoms with Crippen LogP contribution >= 0.6 is 0 Å². The molecule has 2 unspecified atom stereocenters. The van der Waals surface area contributed by atoms with Crippen molar-refractivity contribution in [3.63, 3.8) is 0 Å². The van der Waals surface area contributed by atoms with Crippen LogP contribution < -0.4 is 5.73 Å². The molecule has 1 saturated heterocycles. The maximum atomic E-state index is 11.2. The fourth-order valence-corrected chi connectivity index (χ4v) is 3.04. The maximum Gasteiger partial charge on any atom is 0.408 e. The first-order chi connectivity index (χ1) is 7.66. The highest BCUT2D eigenvalue weighted by Crippen LogP contribution is 2.44. The molecule has 2 bridgehead atoms. The van der Waals surface area contributed by atoms with Crippen molar-refractivity contribution in [2.45, 2.75) is 31.3 Å². The number of benzene rings is 1. The van der Waals surface area contributed by atoms with Crippen LogP contribution in [0.3, 0.4) is 0 Å². The summed E-state index contributed by atoms with van der Waals surface area (Å²) in [6.07, 6.45) is 1.91. The lowest BCUT2D eigenvalue weighted by atomic mass is 9.93. The molecule has 1 amide bonds. The zero-order valence-electron chi connectivity index (χ0n) is 8.89. The number of nitrogens with two attached hydrogens (primary N) is 1. The van der Waals surface area contributed by atoms with Crippen LogP contribution in [0.5, 0.6) is 0 Å². The van der Waals surface area contributed by atoms with Gasteiger partial charge < -0.3 is 10.8 Å². The Bertz CT molecular complexity index is 458. The number of rotatable bonds is 0. The van der Waals surface area contributed by atoms with Crippen LogP contribution in [0.2, 0.25) is 0 Å². The lowest BCUT2D eigenvalue weighted by Gasteiger charge is -2.34. The van der Waals surface area contributed by atoms with E-state index in [0.29, 0.717) is 0 Å². The molecule has 4 nitrogen and oxygen atoms in total. The van der Waals surface area contributed by atoms with Crippen molar-refractivity contribution in [1.29, 1.82) is 0 Å². The zero-order chi connectivity index (χ0) is 11.3. The van der Waals surface area contributed by atoms with E-state index in [1.165, 1.54) is 5.56 Å². The van der Waals surface area contributed by atoms with Gasteiger partial charge in [0.15, 0.2) is 0 Å². The van der Waals surface area contributed by atoms with Crippen LogP contribution in [0.25, 0.3) is 0 Å². The van der Waals surface area contributed by atoms with Crippen LogP contribution in [0.1, 0.15) is 30.0 Å². The lowest BCUT2D eigenvalue weighted by Crippen LogP contribution is -2.40. The van der Waals surface area contributed by atoms with Crippen LogP contribution in [0, 0.1) is 0 Å². The standard InChI is InChI=1S/C12H14N2O2/c13-8-2-1-7-5-9-3-4-11(10(7)6-8)14(9)12(15)16/h1-2,6,9,11H,3-5,13H2,(H,15,16). The highest BCUT2D eigenvalue weighted by Gasteiger charge is 2.42. The summed E-state index contributed by atoms with van der Waals surface area (Å²) >= 11 is 0.